The van der Waals surface area contributed by atoms with Crippen molar-refractivity contribution in [2.24, 2.45) is 11.3 Å². The number of hydrogen-bond donors (Lipinski definition) is 1. The lowest BCUT2D eigenvalue weighted by molar-refractivity contribution is -0.145. The van der Waals surface area contributed by atoms with Crippen molar-refractivity contribution in [3.63, 3.8) is 0 Å². The smallest absolute Gasteiger partial charge is 0.323 e. The molecule has 17 heavy (non-hydrogen) atoms. The highest BCUT2D eigenvalue weighted by atomic mass is 16.5. The van der Waals surface area contributed by atoms with E-state index in [1.165, 1.54) is 12.0 Å². The number of carboxylic acids is 1. The summed E-state index contributed by atoms with van der Waals surface area (Å²) in [7, 11) is 1.54. The van der Waals surface area contributed by atoms with Crippen LogP contribution in [0.5, 0.6) is 0 Å². The van der Waals surface area contributed by atoms with E-state index in [1.54, 1.807) is 0 Å². The van der Waals surface area contributed by atoms with Crippen LogP contribution >= 0.6 is 0 Å². The molecular formula is C12H21NO4. The lowest BCUT2D eigenvalue weighted by atomic mass is 10.0. The molecule has 0 bridgehead atoms. The monoisotopic (exact) mass is 243 g/mol. The summed E-state index contributed by atoms with van der Waals surface area (Å²) in [6.45, 7) is 4.61. The second-order valence-electron chi connectivity index (χ2n) is 4.91. The number of hydrogen-bond acceptors (Lipinski definition) is 3. The maximum absolute atomic E-state index is 12.1. The van der Waals surface area contributed by atoms with Gasteiger partial charge in [-0.3, -0.25) is 9.59 Å². The molecule has 1 aliphatic rings. The zero-order valence-electron chi connectivity index (χ0n) is 10.7. The first-order valence-electron chi connectivity index (χ1n) is 5.94. The molecule has 1 fully saturated rings. The third-order valence-corrected chi connectivity index (χ3v) is 3.66. The first-order chi connectivity index (χ1) is 7.94. The molecular weight excluding hydrogens is 222 g/mol. The first-order valence-corrected chi connectivity index (χ1v) is 5.94. The average molecular weight is 243 g/mol. The number of aliphatic carboxylic acids is 1. The van der Waals surface area contributed by atoms with E-state index in [0.717, 1.165) is 12.8 Å². The lowest BCUT2D eigenvalue weighted by Crippen LogP contribution is -2.39. The summed E-state index contributed by atoms with van der Waals surface area (Å²) < 4.78 is 4.90. The quantitative estimate of drug-likeness (QED) is 0.724. The van der Waals surface area contributed by atoms with Gasteiger partial charge in [0.25, 0.3) is 0 Å². The molecule has 0 aromatic heterocycles. The minimum absolute atomic E-state index is 0.0105. The van der Waals surface area contributed by atoms with Gasteiger partial charge >= 0.3 is 5.97 Å². The van der Waals surface area contributed by atoms with Crippen molar-refractivity contribution in [3.05, 3.63) is 0 Å². The Kier molecular flexibility index (Phi) is 4.51. The highest BCUT2D eigenvalue weighted by molar-refractivity contribution is 5.85. The van der Waals surface area contributed by atoms with Crippen molar-refractivity contribution < 1.29 is 19.4 Å². The summed E-state index contributed by atoms with van der Waals surface area (Å²) >= 11 is 0. The number of carbonyl (C=O) groups excluding carboxylic acids is 1. The summed E-state index contributed by atoms with van der Waals surface area (Å²) in [6, 6.07) is 0. The topological polar surface area (TPSA) is 66.8 Å². The Hall–Kier alpha value is -1.10. The van der Waals surface area contributed by atoms with Crippen LogP contribution in [0.1, 0.15) is 26.7 Å². The molecule has 1 rings (SSSR count). The minimum Gasteiger partial charge on any atom is -0.480 e. The number of carboxylic acid groups (broad SMARTS) is 1. The van der Waals surface area contributed by atoms with Crippen LogP contribution in [0.4, 0.5) is 0 Å². The summed E-state index contributed by atoms with van der Waals surface area (Å²) in [5.41, 5.74) is 0.0703. The van der Waals surface area contributed by atoms with E-state index in [4.69, 9.17) is 9.84 Å². The first kappa shape index (κ1) is 14.0. The number of nitrogens with zero attached hydrogens (tertiary/aromatic N) is 1. The van der Waals surface area contributed by atoms with E-state index < -0.39 is 5.97 Å². The van der Waals surface area contributed by atoms with Gasteiger partial charge in [0.05, 0.1) is 6.61 Å². The summed E-state index contributed by atoms with van der Waals surface area (Å²) in [6.07, 6.45) is 1.82. The van der Waals surface area contributed by atoms with Crippen molar-refractivity contribution in [1.29, 1.82) is 0 Å². The normalized spacial score (nSPS) is 26.6. The number of carbonyl (C=O) groups is 2. The zero-order chi connectivity index (χ0) is 13.1. The standard InChI is InChI=1S/C12H21NO4/c1-4-12(2)7-9(12)11(16)13(5-6-17-3)8-10(14)15/h9H,4-8H2,1-3H3,(H,14,15). The molecule has 1 amide bonds. The molecule has 2 atom stereocenters. The van der Waals surface area contributed by atoms with E-state index >= 15 is 0 Å². The van der Waals surface area contributed by atoms with Crippen molar-refractivity contribution in [3.8, 4) is 0 Å². The molecule has 0 aliphatic heterocycles. The third kappa shape index (κ3) is 3.43. The average Bonchev–Trinajstić information content (AvgIpc) is 2.96. The van der Waals surface area contributed by atoms with Gasteiger partial charge in [-0.1, -0.05) is 13.8 Å². The van der Waals surface area contributed by atoms with Crippen LogP contribution < -0.4 is 0 Å². The molecule has 0 aromatic carbocycles. The molecule has 98 valence electrons. The van der Waals surface area contributed by atoms with Gasteiger partial charge in [0.15, 0.2) is 0 Å². The molecule has 5 heteroatoms. The number of ether oxygens (including phenoxy) is 1. The van der Waals surface area contributed by atoms with E-state index in [0.29, 0.717) is 13.2 Å². The fourth-order valence-corrected chi connectivity index (χ4v) is 2.04. The van der Waals surface area contributed by atoms with Crippen LogP contribution in [0.3, 0.4) is 0 Å². The molecule has 0 heterocycles. The van der Waals surface area contributed by atoms with Crippen LogP contribution in [0.25, 0.3) is 0 Å². The minimum atomic E-state index is -0.978. The van der Waals surface area contributed by atoms with E-state index in [9.17, 15) is 9.59 Å². The molecule has 0 aromatic rings. The van der Waals surface area contributed by atoms with Crippen LogP contribution in [0.2, 0.25) is 0 Å². The summed E-state index contributed by atoms with van der Waals surface area (Å²) in [5, 5.41) is 8.79. The van der Waals surface area contributed by atoms with Gasteiger partial charge in [0, 0.05) is 19.6 Å². The maximum Gasteiger partial charge on any atom is 0.323 e. The molecule has 0 saturated heterocycles. The Balaban J connectivity index is 2.57. The summed E-state index contributed by atoms with van der Waals surface area (Å²) in [4.78, 5) is 24.2. The largest absolute Gasteiger partial charge is 0.480 e. The molecule has 0 radical (unpaired) electrons. The Morgan fingerprint density at radius 1 is 1.53 bits per heavy atom. The Morgan fingerprint density at radius 2 is 2.18 bits per heavy atom. The van der Waals surface area contributed by atoms with Gasteiger partial charge < -0.3 is 14.7 Å². The molecule has 1 saturated carbocycles. The fourth-order valence-electron chi connectivity index (χ4n) is 2.04. The second kappa shape index (κ2) is 5.49. The number of methoxy groups -OCH3 is 1. The maximum atomic E-state index is 12.1. The van der Waals surface area contributed by atoms with E-state index in [2.05, 4.69) is 13.8 Å². The van der Waals surface area contributed by atoms with Gasteiger partial charge in [-0.05, 0) is 18.3 Å². The number of amides is 1. The van der Waals surface area contributed by atoms with Crippen molar-refractivity contribution in [2.45, 2.75) is 26.7 Å². The lowest BCUT2D eigenvalue weighted by Gasteiger charge is -2.21. The Morgan fingerprint density at radius 3 is 2.59 bits per heavy atom. The van der Waals surface area contributed by atoms with Gasteiger partial charge in [0.1, 0.15) is 6.54 Å². The SMILES string of the molecule is CCC1(C)CC1C(=O)N(CCOC)CC(=O)O. The van der Waals surface area contributed by atoms with Crippen LogP contribution in [0, 0.1) is 11.3 Å². The molecule has 1 aliphatic carbocycles. The highest BCUT2D eigenvalue weighted by Gasteiger charge is 2.54. The van der Waals surface area contributed by atoms with E-state index in [1.807, 2.05) is 0 Å². The molecule has 1 N–H and O–H groups in total. The fraction of sp³-hybridized carbons (Fsp3) is 0.833. The summed E-state index contributed by atoms with van der Waals surface area (Å²) in [5.74, 6) is -1.04. The highest BCUT2D eigenvalue weighted by Crippen LogP contribution is 2.55. The van der Waals surface area contributed by atoms with Crippen LogP contribution in [-0.4, -0.2) is 48.7 Å². The Bertz CT molecular complexity index is 305. The predicted molar refractivity (Wildman–Crippen MR) is 62.6 cm³/mol. The molecule has 5 nitrogen and oxygen atoms in total. The van der Waals surface area contributed by atoms with Crippen molar-refractivity contribution >= 4 is 11.9 Å². The van der Waals surface area contributed by atoms with E-state index in [-0.39, 0.29) is 23.8 Å². The van der Waals surface area contributed by atoms with Crippen LogP contribution in [-0.2, 0) is 14.3 Å². The van der Waals surface area contributed by atoms with Gasteiger partial charge in [-0.2, -0.15) is 0 Å². The van der Waals surface area contributed by atoms with Gasteiger partial charge in [-0.15, -0.1) is 0 Å². The van der Waals surface area contributed by atoms with Gasteiger partial charge in [-0.25, -0.2) is 0 Å². The molecule has 2 unspecified atom stereocenters. The third-order valence-electron chi connectivity index (χ3n) is 3.66. The second-order valence-corrected chi connectivity index (χ2v) is 4.91. The Labute approximate surface area is 102 Å². The van der Waals surface area contributed by atoms with Crippen molar-refractivity contribution in [2.75, 3.05) is 26.8 Å². The molecule has 0 spiro atoms. The zero-order valence-corrected chi connectivity index (χ0v) is 10.7. The predicted octanol–water partition coefficient (Wildman–Crippen LogP) is 0.982. The number of rotatable bonds is 7. The van der Waals surface area contributed by atoms with Gasteiger partial charge in [0.2, 0.25) is 5.91 Å². The van der Waals surface area contributed by atoms with Crippen LogP contribution in [0.15, 0.2) is 0 Å². The van der Waals surface area contributed by atoms with Crippen molar-refractivity contribution in [1.82, 2.24) is 4.90 Å².